The first-order valence-corrected chi connectivity index (χ1v) is 5.61. The van der Waals surface area contributed by atoms with Crippen LogP contribution in [0.15, 0.2) is 24.3 Å². The molecule has 2 rings (SSSR count). The first-order valence-electron chi connectivity index (χ1n) is 5.61. The van der Waals surface area contributed by atoms with Crippen molar-refractivity contribution in [2.75, 3.05) is 5.32 Å². The van der Waals surface area contributed by atoms with E-state index in [1.54, 1.807) is 0 Å². The zero-order chi connectivity index (χ0) is 9.97. The van der Waals surface area contributed by atoms with Crippen LogP contribution in [-0.2, 0) is 0 Å². The molecule has 0 atom stereocenters. The van der Waals surface area contributed by atoms with Crippen molar-refractivity contribution in [1.82, 2.24) is 0 Å². The third kappa shape index (κ3) is 1.92. The predicted molar refractivity (Wildman–Crippen MR) is 61.6 cm³/mol. The Morgan fingerprint density at radius 2 is 2.00 bits per heavy atom. The minimum atomic E-state index is 0.723. The molecule has 0 bridgehead atoms. The predicted octanol–water partition coefficient (Wildman–Crippen LogP) is 3.60. The number of para-hydroxylation sites is 1. The van der Waals surface area contributed by atoms with E-state index in [0.29, 0.717) is 0 Å². The molecule has 0 aliphatic heterocycles. The summed E-state index contributed by atoms with van der Waals surface area (Å²) in [6, 6.07) is 9.26. The third-order valence-corrected chi connectivity index (χ3v) is 3.32. The molecule has 76 valence electrons. The van der Waals surface area contributed by atoms with Gasteiger partial charge in [-0.05, 0) is 37.3 Å². The molecule has 0 spiro atoms. The molecule has 0 radical (unpaired) electrons. The maximum absolute atomic E-state index is 3.61. The van der Waals surface area contributed by atoms with Crippen LogP contribution in [0.3, 0.4) is 0 Å². The molecule has 1 aliphatic rings. The van der Waals surface area contributed by atoms with Gasteiger partial charge in [-0.15, -0.1) is 0 Å². The van der Waals surface area contributed by atoms with Gasteiger partial charge in [0.2, 0.25) is 0 Å². The Bertz CT molecular complexity index is 300. The molecule has 0 amide bonds. The summed E-state index contributed by atoms with van der Waals surface area (Å²) in [7, 11) is 0. The number of hydrogen-bond donors (Lipinski definition) is 1. The van der Waals surface area contributed by atoms with Crippen molar-refractivity contribution in [2.45, 2.75) is 39.2 Å². The largest absolute Gasteiger partial charge is 0.382 e. The second-order valence-corrected chi connectivity index (χ2v) is 4.40. The van der Waals surface area contributed by atoms with Gasteiger partial charge in [0, 0.05) is 11.7 Å². The molecular weight excluding hydrogens is 170 g/mol. The Balaban J connectivity index is 1.90. The SMILES string of the molecule is CCC1CC(Nc2ccccc2C)C1. The normalized spacial score (nSPS) is 25.6. The summed E-state index contributed by atoms with van der Waals surface area (Å²) >= 11 is 0. The Labute approximate surface area is 86.5 Å². The van der Waals surface area contributed by atoms with Gasteiger partial charge in [0.25, 0.3) is 0 Å². The van der Waals surface area contributed by atoms with E-state index >= 15 is 0 Å². The van der Waals surface area contributed by atoms with Gasteiger partial charge in [-0.25, -0.2) is 0 Å². The van der Waals surface area contributed by atoms with Crippen molar-refractivity contribution in [3.8, 4) is 0 Å². The molecule has 1 aromatic rings. The van der Waals surface area contributed by atoms with E-state index in [9.17, 15) is 0 Å². The molecule has 0 aromatic heterocycles. The molecule has 1 saturated carbocycles. The number of hydrogen-bond acceptors (Lipinski definition) is 1. The molecular formula is C13H19N. The third-order valence-electron chi connectivity index (χ3n) is 3.32. The van der Waals surface area contributed by atoms with Gasteiger partial charge in [-0.2, -0.15) is 0 Å². The second kappa shape index (κ2) is 4.04. The molecule has 0 unspecified atom stereocenters. The summed E-state index contributed by atoms with van der Waals surface area (Å²) in [4.78, 5) is 0. The lowest BCUT2D eigenvalue weighted by atomic mass is 9.78. The van der Waals surface area contributed by atoms with Gasteiger partial charge in [0.1, 0.15) is 0 Å². The Kier molecular flexibility index (Phi) is 2.76. The highest BCUT2D eigenvalue weighted by molar-refractivity contribution is 5.51. The number of rotatable bonds is 3. The van der Waals surface area contributed by atoms with Crippen LogP contribution in [0.5, 0.6) is 0 Å². The average molecular weight is 189 g/mol. The summed E-state index contributed by atoms with van der Waals surface area (Å²) in [5, 5.41) is 3.61. The van der Waals surface area contributed by atoms with Gasteiger partial charge < -0.3 is 5.32 Å². The van der Waals surface area contributed by atoms with Crippen LogP contribution in [0.1, 0.15) is 31.7 Å². The lowest BCUT2D eigenvalue weighted by Crippen LogP contribution is -2.35. The first kappa shape index (κ1) is 9.57. The van der Waals surface area contributed by atoms with Crippen LogP contribution in [0.25, 0.3) is 0 Å². The molecule has 1 aliphatic carbocycles. The Morgan fingerprint density at radius 1 is 1.29 bits per heavy atom. The van der Waals surface area contributed by atoms with Crippen LogP contribution >= 0.6 is 0 Å². The zero-order valence-corrected chi connectivity index (χ0v) is 9.09. The van der Waals surface area contributed by atoms with E-state index in [-0.39, 0.29) is 0 Å². The fourth-order valence-electron chi connectivity index (χ4n) is 2.14. The van der Waals surface area contributed by atoms with Crippen LogP contribution in [0.2, 0.25) is 0 Å². The number of aryl methyl sites for hydroxylation is 1. The van der Waals surface area contributed by atoms with Gasteiger partial charge >= 0.3 is 0 Å². The zero-order valence-electron chi connectivity index (χ0n) is 9.09. The maximum atomic E-state index is 3.61. The fraction of sp³-hybridized carbons (Fsp3) is 0.538. The minimum Gasteiger partial charge on any atom is -0.382 e. The lowest BCUT2D eigenvalue weighted by molar-refractivity contribution is 0.275. The average Bonchev–Trinajstić information content (AvgIpc) is 2.13. The van der Waals surface area contributed by atoms with Crippen molar-refractivity contribution >= 4 is 5.69 Å². The highest BCUT2D eigenvalue weighted by atomic mass is 14.9. The smallest absolute Gasteiger partial charge is 0.0372 e. The summed E-state index contributed by atoms with van der Waals surface area (Å²) in [5.41, 5.74) is 2.67. The lowest BCUT2D eigenvalue weighted by Gasteiger charge is -2.36. The van der Waals surface area contributed by atoms with Crippen molar-refractivity contribution in [2.24, 2.45) is 5.92 Å². The maximum Gasteiger partial charge on any atom is 0.0372 e. The number of anilines is 1. The van der Waals surface area contributed by atoms with Crippen LogP contribution in [0.4, 0.5) is 5.69 Å². The second-order valence-electron chi connectivity index (χ2n) is 4.40. The molecule has 1 aromatic carbocycles. The number of nitrogens with one attached hydrogen (secondary N) is 1. The van der Waals surface area contributed by atoms with E-state index in [0.717, 1.165) is 12.0 Å². The van der Waals surface area contributed by atoms with Gasteiger partial charge in [0.15, 0.2) is 0 Å². The van der Waals surface area contributed by atoms with Gasteiger partial charge in [0.05, 0.1) is 0 Å². The van der Waals surface area contributed by atoms with Crippen LogP contribution < -0.4 is 5.32 Å². The first-order chi connectivity index (χ1) is 6.79. The summed E-state index contributed by atoms with van der Waals surface area (Å²) < 4.78 is 0. The standard InChI is InChI=1S/C13H19N/c1-3-11-8-12(9-11)14-13-7-5-4-6-10(13)2/h4-7,11-12,14H,3,8-9H2,1-2H3. The van der Waals surface area contributed by atoms with Crippen molar-refractivity contribution in [3.05, 3.63) is 29.8 Å². The van der Waals surface area contributed by atoms with Crippen molar-refractivity contribution in [1.29, 1.82) is 0 Å². The highest BCUT2D eigenvalue weighted by Gasteiger charge is 2.27. The summed E-state index contributed by atoms with van der Waals surface area (Å²) in [5.74, 6) is 0.969. The quantitative estimate of drug-likeness (QED) is 0.766. The van der Waals surface area contributed by atoms with E-state index in [1.807, 2.05) is 0 Å². The van der Waals surface area contributed by atoms with Crippen LogP contribution in [0, 0.1) is 12.8 Å². The van der Waals surface area contributed by atoms with Crippen molar-refractivity contribution in [3.63, 3.8) is 0 Å². The highest BCUT2D eigenvalue weighted by Crippen LogP contribution is 2.32. The molecule has 1 nitrogen and oxygen atoms in total. The monoisotopic (exact) mass is 189 g/mol. The van der Waals surface area contributed by atoms with E-state index < -0.39 is 0 Å². The van der Waals surface area contributed by atoms with Crippen molar-refractivity contribution < 1.29 is 0 Å². The van der Waals surface area contributed by atoms with Gasteiger partial charge in [-0.1, -0.05) is 31.5 Å². The van der Waals surface area contributed by atoms with E-state index in [4.69, 9.17) is 0 Å². The van der Waals surface area contributed by atoms with E-state index in [1.165, 1.54) is 30.5 Å². The topological polar surface area (TPSA) is 12.0 Å². The molecule has 0 saturated heterocycles. The Morgan fingerprint density at radius 3 is 2.64 bits per heavy atom. The summed E-state index contributed by atoms with van der Waals surface area (Å²) in [6.45, 7) is 4.45. The summed E-state index contributed by atoms with van der Waals surface area (Å²) in [6.07, 6.45) is 4.04. The van der Waals surface area contributed by atoms with E-state index in [2.05, 4.69) is 43.4 Å². The molecule has 0 heterocycles. The van der Waals surface area contributed by atoms with Crippen LogP contribution in [-0.4, -0.2) is 6.04 Å². The molecule has 1 N–H and O–H groups in total. The number of benzene rings is 1. The molecule has 1 fully saturated rings. The fourth-order valence-corrected chi connectivity index (χ4v) is 2.14. The minimum absolute atomic E-state index is 0.723. The molecule has 14 heavy (non-hydrogen) atoms. The van der Waals surface area contributed by atoms with Gasteiger partial charge in [-0.3, -0.25) is 0 Å². The molecule has 1 heteroatoms. The Hall–Kier alpha value is -0.980.